The fourth-order valence-electron chi connectivity index (χ4n) is 2.11. The summed E-state index contributed by atoms with van der Waals surface area (Å²) in [7, 11) is 1.57. The van der Waals surface area contributed by atoms with Gasteiger partial charge < -0.3 is 15.4 Å². The van der Waals surface area contributed by atoms with Gasteiger partial charge in [0.15, 0.2) is 0 Å². The average Bonchev–Trinajstić information content (AvgIpc) is 3.08. The number of carbonyl (C=O) groups excluding carboxylic acids is 1. The maximum Gasteiger partial charge on any atom is 0.253 e. The van der Waals surface area contributed by atoms with Crippen LogP contribution in [0.2, 0.25) is 0 Å². The second-order valence-corrected chi connectivity index (χ2v) is 5.41. The summed E-state index contributed by atoms with van der Waals surface area (Å²) in [6.07, 6.45) is 0.652. The number of aromatic amines is 1. The highest BCUT2D eigenvalue weighted by Crippen LogP contribution is 2.26. The van der Waals surface area contributed by atoms with Gasteiger partial charge in [0.25, 0.3) is 5.91 Å². The molecule has 3 N–H and O–H groups in total. The number of hydrogen-bond donors (Lipinski definition) is 3. The van der Waals surface area contributed by atoms with E-state index in [2.05, 4.69) is 15.3 Å². The summed E-state index contributed by atoms with van der Waals surface area (Å²) in [5, 5.41) is 14.5. The number of aromatic hydroxyl groups is 1. The summed E-state index contributed by atoms with van der Waals surface area (Å²) in [6, 6.07) is 7.08. The number of thiophene rings is 1. The van der Waals surface area contributed by atoms with Gasteiger partial charge in [0.05, 0.1) is 5.56 Å². The van der Waals surface area contributed by atoms with Crippen LogP contribution in [0.3, 0.4) is 0 Å². The third-order valence-electron chi connectivity index (χ3n) is 3.07. The maximum atomic E-state index is 11.8. The van der Waals surface area contributed by atoms with Crippen LogP contribution < -0.4 is 5.32 Å². The zero-order valence-corrected chi connectivity index (χ0v) is 11.6. The van der Waals surface area contributed by atoms with Crippen LogP contribution in [0.4, 0.5) is 0 Å². The third kappa shape index (κ3) is 2.14. The van der Waals surface area contributed by atoms with Gasteiger partial charge in [-0.1, -0.05) is 6.07 Å². The zero-order chi connectivity index (χ0) is 14.1. The Morgan fingerprint density at radius 2 is 2.30 bits per heavy atom. The largest absolute Gasteiger partial charge is 0.506 e. The first-order valence-electron chi connectivity index (χ1n) is 6.14. The Hall–Kier alpha value is -2.34. The van der Waals surface area contributed by atoms with E-state index in [9.17, 15) is 9.90 Å². The van der Waals surface area contributed by atoms with Gasteiger partial charge in [-0.05, 0) is 23.6 Å². The second kappa shape index (κ2) is 4.97. The van der Waals surface area contributed by atoms with Gasteiger partial charge in [0.2, 0.25) is 0 Å². The van der Waals surface area contributed by atoms with Crippen LogP contribution in [-0.2, 0) is 6.42 Å². The lowest BCUT2D eigenvalue weighted by Gasteiger charge is -2.01. The van der Waals surface area contributed by atoms with E-state index in [1.54, 1.807) is 24.5 Å². The minimum Gasteiger partial charge on any atom is -0.506 e. The number of phenols is 1. The fraction of sp³-hybridized carbons (Fsp3) is 0.143. The van der Waals surface area contributed by atoms with Crippen LogP contribution in [-0.4, -0.2) is 28.0 Å². The van der Waals surface area contributed by atoms with Crippen LogP contribution in [0.25, 0.3) is 11.0 Å². The molecule has 0 atom stereocenters. The van der Waals surface area contributed by atoms with Crippen LogP contribution in [0.1, 0.15) is 21.1 Å². The van der Waals surface area contributed by atoms with Gasteiger partial charge in [-0.25, -0.2) is 4.98 Å². The van der Waals surface area contributed by atoms with Crippen molar-refractivity contribution in [1.29, 1.82) is 0 Å². The van der Waals surface area contributed by atoms with Crippen LogP contribution in [0.5, 0.6) is 5.75 Å². The lowest BCUT2D eigenvalue weighted by molar-refractivity contribution is 0.0964. The Morgan fingerprint density at radius 3 is 3.00 bits per heavy atom. The SMILES string of the molecule is CNC(=O)c1ccc(O)c2[nH]c(Cc3cccs3)nc12. The quantitative estimate of drug-likeness (QED) is 0.691. The molecule has 1 aromatic carbocycles. The van der Waals surface area contributed by atoms with Gasteiger partial charge in [0, 0.05) is 18.3 Å². The minimum absolute atomic E-state index is 0.0950. The van der Waals surface area contributed by atoms with Crippen molar-refractivity contribution in [2.75, 3.05) is 7.05 Å². The molecule has 6 heteroatoms. The number of amides is 1. The fourth-order valence-corrected chi connectivity index (χ4v) is 2.82. The standard InChI is InChI=1S/C14H13N3O2S/c1-15-14(19)9-4-5-10(18)13-12(9)16-11(17-13)7-8-3-2-6-20-8/h2-6,18H,7H2,1H3,(H,15,19)(H,16,17). The second-order valence-electron chi connectivity index (χ2n) is 4.37. The number of rotatable bonds is 3. The highest BCUT2D eigenvalue weighted by Gasteiger charge is 2.15. The van der Waals surface area contributed by atoms with Crippen molar-refractivity contribution in [2.45, 2.75) is 6.42 Å². The van der Waals surface area contributed by atoms with Crippen molar-refractivity contribution in [2.24, 2.45) is 0 Å². The maximum absolute atomic E-state index is 11.8. The number of imidazole rings is 1. The molecule has 5 nitrogen and oxygen atoms in total. The number of nitrogens with zero attached hydrogens (tertiary/aromatic N) is 1. The van der Waals surface area contributed by atoms with Crippen molar-refractivity contribution < 1.29 is 9.90 Å². The summed E-state index contributed by atoms with van der Waals surface area (Å²) < 4.78 is 0. The van der Waals surface area contributed by atoms with E-state index in [4.69, 9.17) is 0 Å². The molecule has 2 aromatic heterocycles. The summed E-state index contributed by atoms with van der Waals surface area (Å²) in [4.78, 5) is 20.5. The van der Waals surface area contributed by atoms with E-state index in [1.165, 1.54) is 10.9 Å². The number of carbonyl (C=O) groups is 1. The van der Waals surface area contributed by atoms with Crippen LogP contribution in [0, 0.1) is 0 Å². The molecule has 3 rings (SSSR count). The van der Waals surface area contributed by atoms with Gasteiger partial charge in [0.1, 0.15) is 22.6 Å². The molecule has 0 saturated carbocycles. The topological polar surface area (TPSA) is 78.0 Å². The molecule has 3 aromatic rings. The van der Waals surface area contributed by atoms with Crippen molar-refractivity contribution in [3.05, 3.63) is 45.9 Å². The van der Waals surface area contributed by atoms with Gasteiger partial charge in [-0.2, -0.15) is 0 Å². The molecule has 0 spiro atoms. The van der Waals surface area contributed by atoms with E-state index in [-0.39, 0.29) is 11.7 Å². The number of aromatic nitrogens is 2. The first-order valence-corrected chi connectivity index (χ1v) is 7.02. The molecule has 0 bridgehead atoms. The minimum atomic E-state index is -0.218. The van der Waals surface area contributed by atoms with Crippen molar-refractivity contribution in [3.63, 3.8) is 0 Å². The Balaban J connectivity index is 2.09. The Bertz CT molecular complexity index is 762. The molecular weight excluding hydrogens is 274 g/mol. The lowest BCUT2D eigenvalue weighted by Crippen LogP contribution is -2.18. The lowest BCUT2D eigenvalue weighted by atomic mass is 10.1. The molecule has 0 unspecified atom stereocenters. The Labute approximate surface area is 119 Å². The van der Waals surface area contributed by atoms with E-state index >= 15 is 0 Å². The van der Waals surface area contributed by atoms with Crippen LogP contribution >= 0.6 is 11.3 Å². The van der Waals surface area contributed by atoms with Crippen LogP contribution in [0.15, 0.2) is 29.6 Å². The molecular formula is C14H13N3O2S. The summed E-state index contributed by atoms with van der Waals surface area (Å²) in [5.74, 6) is 0.607. The average molecular weight is 287 g/mol. The number of H-pyrrole nitrogens is 1. The Morgan fingerprint density at radius 1 is 1.45 bits per heavy atom. The molecule has 0 aliphatic heterocycles. The monoisotopic (exact) mass is 287 g/mol. The number of nitrogens with one attached hydrogen (secondary N) is 2. The molecule has 1 amide bonds. The first-order chi connectivity index (χ1) is 9.69. The predicted octanol–water partition coefficient (Wildman–Crippen LogP) is 2.28. The van der Waals surface area contributed by atoms with E-state index in [1.807, 2.05) is 17.5 Å². The number of hydrogen-bond acceptors (Lipinski definition) is 4. The number of fused-ring (bicyclic) bond motifs is 1. The van der Waals surface area contributed by atoms with E-state index in [0.29, 0.717) is 23.0 Å². The number of benzene rings is 1. The zero-order valence-electron chi connectivity index (χ0n) is 10.8. The molecule has 2 heterocycles. The third-order valence-corrected chi connectivity index (χ3v) is 3.94. The van der Waals surface area contributed by atoms with E-state index < -0.39 is 0 Å². The molecule has 102 valence electrons. The smallest absolute Gasteiger partial charge is 0.253 e. The van der Waals surface area contributed by atoms with Gasteiger partial charge >= 0.3 is 0 Å². The molecule has 0 aliphatic carbocycles. The molecule has 0 fully saturated rings. The first kappa shape index (κ1) is 12.7. The molecule has 0 aliphatic rings. The van der Waals surface area contributed by atoms with Crippen molar-refractivity contribution in [3.8, 4) is 5.75 Å². The van der Waals surface area contributed by atoms with Gasteiger partial charge in [-0.3, -0.25) is 4.79 Å². The predicted molar refractivity (Wildman–Crippen MR) is 78.3 cm³/mol. The van der Waals surface area contributed by atoms with Crippen molar-refractivity contribution >= 4 is 28.3 Å². The van der Waals surface area contributed by atoms with Gasteiger partial charge in [-0.15, -0.1) is 11.3 Å². The van der Waals surface area contributed by atoms with Crippen molar-refractivity contribution in [1.82, 2.24) is 15.3 Å². The summed E-state index contributed by atoms with van der Waals surface area (Å²) >= 11 is 1.65. The summed E-state index contributed by atoms with van der Waals surface area (Å²) in [6.45, 7) is 0. The normalized spacial score (nSPS) is 10.8. The highest BCUT2D eigenvalue weighted by atomic mass is 32.1. The molecule has 20 heavy (non-hydrogen) atoms. The Kier molecular flexibility index (Phi) is 3.15. The molecule has 0 saturated heterocycles. The molecule has 0 radical (unpaired) electrons. The van der Waals surface area contributed by atoms with E-state index in [0.717, 1.165) is 5.82 Å². The summed E-state index contributed by atoms with van der Waals surface area (Å²) in [5.41, 5.74) is 1.45. The highest BCUT2D eigenvalue weighted by molar-refractivity contribution is 7.09. The number of phenolic OH excluding ortho intramolecular Hbond substituents is 1.